The summed E-state index contributed by atoms with van der Waals surface area (Å²) in [4.78, 5) is 10.5. The Morgan fingerprint density at radius 3 is 2.62 bits per heavy atom. The van der Waals surface area contributed by atoms with Crippen molar-refractivity contribution in [1.82, 2.24) is 0 Å². The number of aliphatic carboxylic acids is 1. The van der Waals surface area contributed by atoms with E-state index in [0.717, 1.165) is 0 Å². The van der Waals surface area contributed by atoms with Gasteiger partial charge in [0, 0.05) is 22.3 Å². The van der Waals surface area contributed by atoms with E-state index in [1.54, 1.807) is 6.92 Å². The molecule has 0 spiro atoms. The van der Waals surface area contributed by atoms with Crippen LogP contribution in [0.1, 0.15) is 26.2 Å². The van der Waals surface area contributed by atoms with E-state index in [2.05, 4.69) is 0 Å². The summed E-state index contributed by atoms with van der Waals surface area (Å²) in [5.41, 5.74) is 0. The third-order valence-corrected chi connectivity index (χ3v) is 4.22. The Labute approximate surface area is 81.0 Å². The van der Waals surface area contributed by atoms with E-state index in [4.69, 9.17) is 5.11 Å². The minimum Gasteiger partial charge on any atom is -0.481 e. The van der Waals surface area contributed by atoms with E-state index in [-0.39, 0.29) is 0 Å². The van der Waals surface area contributed by atoms with E-state index in [1.165, 1.54) is 19.3 Å². The number of carboxylic acid groups (broad SMARTS) is 1. The van der Waals surface area contributed by atoms with Gasteiger partial charge < -0.3 is 5.11 Å². The number of hydrogen-bond donors (Lipinski definition) is 1. The van der Waals surface area contributed by atoms with Crippen LogP contribution in [0, 0.1) is 11.8 Å². The van der Waals surface area contributed by atoms with Crippen molar-refractivity contribution < 1.29 is 14.1 Å². The van der Waals surface area contributed by atoms with Gasteiger partial charge in [-0.3, -0.25) is 9.00 Å². The average Bonchev–Trinajstić information content (AvgIpc) is 1.96. The fraction of sp³-hybridized carbons (Fsp3) is 0.889. The van der Waals surface area contributed by atoms with Crippen molar-refractivity contribution in [3.8, 4) is 0 Å². The summed E-state index contributed by atoms with van der Waals surface area (Å²) >= 11 is 0. The average molecular weight is 204 g/mol. The van der Waals surface area contributed by atoms with Gasteiger partial charge in [-0.15, -0.1) is 0 Å². The Morgan fingerprint density at radius 1 is 1.62 bits per heavy atom. The third-order valence-electron chi connectivity index (χ3n) is 2.50. The first kappa shape index (κ1) is 10.7. The highest BCUT2D eigenvalue weighted by Gasteiger charge is 2.22. The first-order valence-electron chi connectivity index (χ1n) is 4.67. The van der Waals surface area contributed by atoms with E-state index in [9.17, 15) is 9.00 Å². The monoisotopic (exact) mass is 204 g/mol. The topological polar surface area (TPSA) is 54.4 Å². The molecule has 4 heteroatoms. The Balaban J connectivity index is 2.19. The van der Waals surface area contributed by atoms with Crippen LogP contribution in [0.3, 0.4) is 0 Å². The van der Waals surface area contributed by atoms with Crippen LogP contribution < -0.4 is 0 Å². The van der Waals surface area contributed by atoms with Crippen LogP contribution in [-0.2, 0) is 15.6 Å². The molecule has 2 unspecified atom stereocenters. The molecule has 1 saturated carbocycles. The predicted molar refractivity (Wildman–Crippen MR) is 52.0 cm³/mol. The van der Waals surface area contributed by atoms with E-state index < -0.39 is 22.7 Å². The molecule has 1 fully saturated rings. The predicted octanol–water partition coefficient (Wildman–Crippen LogP) is 1.26. The lowest BCUT2D eigenvalue weighted by Gasteiger charge is -2.24. The standard InChI is InChI=1S/C9H16O3S/c1-7(9(10)11)5-13(12)6-8-3-2-4-8/h7-8H,2-6H2,1H3,(H,10,11). The highest BCUT2D eigenvalue weighted by molar-refractivity contribution is 7.85. The maximum Gasteiger partial charge on any atom is 0.307 e. The summed E-state index contributed by atoms with van der Waals surface area (Å²) in [7, 11) is -0.930. The van der Waals surface area contributed by atoms with Crippen molar-refractivity contribution in [2.45, 2.75) is 26.2 Å². The molecular weight excluding hydrogens is 188 g/mol. The quantitative estimate of drug-likeness (QED) is 0.733. The van der Waals surface area contributed by atoms with E-state index in [0.29, 0.717) is 17.4 Å². The molecule has 1 N–H and O–H groups in total. The van der Waals surface area contributed by atoms with E-state index >= 15 is 0 Å². The Morgan fingerprint density at radius 2 is 2.23 bits per heavy atom. The highest BCUT2D eigenvalue weighted by Crippen LogP contribution is 2.27. The molecular formula is C9H16O3S. The van der Waals surface area contributed by atoms with Gasteiger partial charge in [0.05, 0.1) is 5.92 Å². The number of hydrogen-bond acceptors (Lipinski definition) is 2. The van der Waals surface area contributed by atoms with Gasteiger partial charge in [0.2, 0.25) is 0 Å². The molecule has 0 heterocycles. The summed E-state index contributed by atoms with van der Waals surface area (Å²) in [5.74, 6) is 0.299. The molecule has 1 aliphatic carbocycles. The molecule has 0 aliphatic heterocycles. The minimum atomic E-state index is -0.930. The summed E-state index contributed by atoms with van der Waals surface area (Å²) in [6.45, 7) is 1.61. The van der Waals surface area contributed by atoms with E-state index in [1.807, 2.05) is 0 Å². The van der Waals surface area contributed by atoms with Crippen LogP contribution in [0.5, 0.6) is 0 Å². The van der Waals surface area contributed by atoms with Gasteiger partial charge in [-0.2, -0.15) is 0 Å². The van der Waals surface area contributed by atoms with Crippen LogP contribution in [-0.4, -0.2) is 26.8 Å². The van der Waals surface area contributed by atoms with Gasteiger partial charge in [-0.05, 0) is 18.8 Å². The molecule has 0 bridgehead atoms. The molecule has 1 rings (SSSR count). The van der Waals surface area contributed by atoms with Gasteiger partial charge in [-0.25, -0.2) is 0 Å². The fourth-order valence-corrected chi connectivity index (χ4v) is 3.04. The highest BCUT2D eigenvalue weighted by atomic mass is 32.2. The Kier molecular flexibility index (Phi) is 3.90. The molecule has 0 aromatic rings. The smallest absolute Gasteiger partial charge is 0.307 e. The summed E-state index contributed by atoms with van der Waals surface area (Å²) in [5, 5.41) is 8.60. The van der Waals surface area contributed by atoms with Gasteiger partial charge >= 0.3 is 5.97 Å². The SMILES string of the molecule is CC(CS(=O)CC1CCC1)C(=O)O. The largest absolute Gasteiger partial charge is 0.481 e. The first-order valence-corrected chi connectivity index (χ1v) is 6.16. The second kappa shape index (κ2) is 4.74. The maximum absolute atomic E-state index is 11.4. The van der Waals surface area contributed by atoms with Crippen molar-refractivity contribution >= 4 is 16.8 Å². The Bertz CT molecular complexity index is 211. The van der Waals surface area contributed by atoms with Crippen molar-refractivity contribution in [2.24, 2.45) is 11.8 Å². The lowest BCUT2D eigenvalue weighted by atomic mass is 9.87. The van der Waals surface area contributed by atoms with Crippen LogP contribution >= 0.6 is 0 Å². The van der Waals surface area contributed by atoms with Gasteiger partial charge in [0.25, 0.3) is 0 Å². The number of carbonyl (C=O) groups is 1. The van der Waals surface area contributed by atoms with Crippen LogP contribution in [0.2, 0.25) is 0 Å². The summed E-state index contributed by atoms with van der Waals surface area (Å²) in [6, 6.07) is 0. The van der Waals surface area contributed by atoms with Crippen molar-refractivity contribution in [3.05, 3.63) is 0 Å². The molecule has 1 aliphatic rings. The van der Waals surface area contributed by atoms with Crippen LogP contribution in [0.25, 0.3) is 0 Å². The second-order valence-electron chi connectivity index (χ2n) is 3.81. The normalized spacial score (nSPS) is 21.9. The summed E-state index contributed by atoms with van der Waals surface area (Å²) < 4.78 is 11.4. The molecule has 3 nitrogen and oxygen atoms in total. The third kappa shape index (κ3) is 3.46. The first-order chi connectivity index (χ1) is 6.09. The number of rotatable bonds is 5. The zero-order chi connectivity index (χ0) is 9.84. The van der Waals surface area contributed by atoms with Crippen LogP contribution in [0.15, 0.2) is 0 Å². The molecule has 76 valence electrons. The second-order valence-corrected chi connectivity index (χ2v) is 5.36. The van der Waals surface area contributed by atoms with Gasteiger partial charge in [0.1, 0.15) is 0 Å². The Hall–Kier alpha value is -0.380. The minimum absolute atomic E-state index is 0.311. The van der Waals surface area contributed by atoms with Crippen LogP contribution in [0.4, 0.5) is 0 Å². The molecule has 0 amide bonds. The molecule has 2 atom stereocenters. The molecule has 0 aromatic carbocycles. The zero-order valence-corrected chi connectivity index (χ0v) is 8.68. The van der Waals surface area contributed by atoms with Crippen molar-refractivity contribution in [1.29, 1.82) is 0 Å². The lowest BCUT2D eigenvalue weighted by molar-refractivity contribution is -0.140. The maximum atomic E-state index is 11.4. The fourth-order valence-electron chi connectivity index (χ4n) is 1.34. The summed E-state index contributed by atoms with van der Waals surface area (Å²) in [6.07, 6.45) is 3.59. The van der Waals surface area contributed by atoms with Crippen molar-refractivity contribution in [3.63, 3.8) is 0 Å². The van der Waals surface area contributed by atoms with Gasteiger partial charge in [0.15, 0.2) is 0 Å². The molecule has 0 saturated heterocycles. The van der Waals surface area contributed by atoms with Gasteiger partial charge in [-0.1, -0.05) is 13.3 Å². The lowest BCUT2D eigenvalue weighted by Crippen LogP contribution is -2.24. The number of carboxylic acids is 1. The zero-order valence-electron chi connectivity index (χ0n) is 7.86. The molecule has 0 aromatic heterocycles. The molecule has 13 heavy (non-hydrogen) atoms. The van der Waals surface area contributed by atoms with Crippen molar-refractivity contribution in [2.75, 3.05) is 11.5 Å². The molecule has 0 radical (unpaired) electrons.